The zero-order chi connectivity index (χ0) is 14.3. The van der Waals surface area contributed by atoms with E-state index in [0.29, 0.717) is 6.42 Å². The van der Waals surface area contributed by atoms with Crippen LogP contribution in [0.2, 0.25) is 0 Å². The molecule has 0 saturated carbocycles. The van der Waals surface area contributed by atoms with Crippen LogP contribution >= 0.6 is 0 Å². The highest BCUT2D eigenvalue weighted by molar-refractivity contribution is 5.76. The first-order chi connectivity index (χ1) is 9.08. The Bertz CT molecular complexity index is 419. The summed E-state index contributed by atoms with van der Waals surface area (Å²) in [4.78, 5) is 13.5. The highest BCUT2D eigenvalue weighted by Gasteiger charge is 2.08. The molecule has 0 aliphatic carbocycles. The minimum atomic E-state index is 0.180. The molecule has 106 valence electrons. The fourth-order valence-electron chi connectivity index (χ4n) is 1.94. The van der Waals surface area contributed by atoms with Gasteiger partial charge >= 0.3 is 0 Å². The van der Waals surface area contributed by atoms with Crippen LogP contribution in [0.4, 0.5) is 0 Å². The molecule has 0 spiro atoms. The molecule has 0 fully saturated rings. The lowest BCUT2D eigenvalue weighted by molar-refractivity contribution is -0.129. The molecule has 1 aromatic carbocycles. The quantitative estimate of drug-likeness (QED) is 0.813. The van der Waals surface area contributed by atoms with Crippen LogP contribution in [0, 0.1) is 6.92 Å². The number of nitrogens with zero attached hydrogens (tertiary/aromatic N) is 1. The summed E-state index contributed by atoms with van der Waals surface area (Å²) in [6.07, 6.45) is 1.42. The molecule has 1 N–H and O–H groups in total. The number of amides is 1. The van der Waals surface area contributed by atoms with E-state index in [1.807, 2.05) is 27.1 Å². The van der Waals surface area contributed by atoms with E-state index in [0.717, 1.165) is 30.8 Å². The number of ether oxygens (including phenoxy) is 1. The van der Waals surface area contributed by atoms with E-state index in [1.54, 1.807) is 12.0 Å². The van der Waals surface area contributed by atoms with Crippen molar-refractivity contribution in [3.05, 3.63) is 29.3 Å². The van der Waals surface area contributed by atoms with Crippen molar-refractivity contribution in [3.63, 3.8) is 0 Å². The van der Waals surface area contributed by atoms with Crippen LogP contribution < -0.4 is 10.1 Å². The molecule has 19 heavy (non-hydrogen) atoms. The summed E-state index contributed by atoms with van der Waals surface area (Å²) < 4.78 is 5.24. The second kappa shape index (κ2) is 7.79. The second-order valence-corrected chi connectivity index (χ2v) is 4.72. The summed E-state index contributed by atoms with van der Waals surface area (Å²) in [6.45, 7) is 3.50. The van der Waals surface area contributed by atoms with Crippen molar-refractivity contribution in [2.75, 3.05) is 34.3 Å². The number of likely N-dealkylation sites (N-methyl/N-ethyl adjacent to an activating group) is 1. The van der Waals surface area contributed by atoms with Crippen molar-refractivity contribution < 1.29 is 9.53 Å². The monoisotopic (exact) mass is 264 g/mol. The molecule has 0 saturated heterocycles. The molecule has 0 heterocycles. The van der Waals surface area contributed by atoms with Crippen molar-refractivity contribution >= 4 is 5.91 Å². The Labute approximate surface area is 115 Å². The van der Waals surface area contributed by atoms with Crippen LogP contribution in [-0.4, -0.2) is 45.1 Å². The fourth-order valence-corrected chi connectivity index (χ4v) is 1.94. The van der Waals surface area contributed by atoms with Gasteiger partial charge in [0.1, 0.15) is 5.75 Å². The highest BCUT2D eigenvalue weighted by Crippen LogP contribution is 2.18. The number of carbonyl (C=O) groups is 1. The van der Waals surface area contributed by atoms with Crippen LogP contribution in [0.15, 0.2) is 18.2 Å². The highest BCUT2D eigenvalue weighted by atomic mass is 16.5. The first kappa shape index (κ1) is 15.5. The molecule has 0 aliphatic rings. The van der Waals surface area contributed by atoms with Crippen molar-refractivity contribution in [3.8, 4) is 5.75 Å². The van der Waals surface area contributed by atoms with Gasteiger partial charge in [0.25, 0.3) is 0 Å². The number of hydrogen-bond acceptors (Lipinski definition) is 3. The Morgan fingerprint density at radius 2 is 2.16 bits per heavy atom. The topological polar surface area (TPSA) is 41.6 Å². The van der Waals surface area contributed by atoms with Crippen LogP contribution in [-0.2, 0) is 11.2 Å². The number of rotatable bonds is 7. The molecule has 4 heteroatoms. The zero-order valence-corrected chi connectivity index (χ0v) is 12.3. The number of methoxy groups -OCH3 is 1. The van der Waals surface area contributed by atoms with Crippen molar-refractivity contribution in [2.45, 2.75) is 19.8 Å². The Kier molecular flexibility index (Phi) is 6.36. The zero-order valence-electron chi connectivity index (χ0n) is 12.3. The van der Waals surface area contributed by atoms with Gasteiger partial charge in [-0.25, -0.2) is 0 Å². The van der Waals surface area contributed by atoms with Crippen LogP contribution in [0.5, 0.6) is 5.75 Å². The smallest absolute Gasteiger partial charge is 0.223 e. The molecule has 0 atom stereocenters. The van der Waals surface area contributed by atoms with Crippen molar-refractivity contribution in [1.29, 1.82) is 0 Å². The minimum absolute atomic E-state index is 0.180. The average molecular weight is 264 g/mol. The summed E-state index contributed by atoms with van der Waals surface area (Å²) in [5.41, 5.74) is 2.36. The molecule has 0 radical (unpaired) electrons. The van der Waals surface area contributed by atoms with Gasteiger partial charge in [0.05, 0.1) is 7.11 Å². The Balaban J connectivity index is 2.48. The summed E-state index contributed by atoms with van der Waals surface area (Å²) in [7, 11) is 5.39. The average Bonchev–Trinajstić information content (AvgIpc) is 2.42. The number of carbonyl (C=O) groups excluding carboxylic acids is 1. The third-order valence-corrected chi connectivity index (χ3v) is 3.21. The van der Waals surface area contributed by atoms with Gasteiger partial charge in [-0.2, -0.15) is 0 Å². The summed E-state index contributed by atoms with van der Waals surface area (Å²) in [5.74, 6) is 1.08. The van der Waals surface area contributed by atoms with Gasteiger partial charge in [0, 0.05) is 26.6 Å². The largest absolute Gasteiger partial charge is 0.496 e. The van der Waals surface area contributed by atoms with Crippen molar-refractivity contribution in [2.24, 2.45) is 0 Å². The van der Waals surface area contributed by atoms with E-state index >= 15 is 0 Å². The van der Waals surface area contributed by atoms with Gasteiger partial charge in [-0.05, 0) is 37.6 Å². The number of aryl methyl sites for hydroxylation is 1. The molecular weight excluding hydrogens is 240 g/mol. The molecule has 1 aromatic rings. The lowest BCUT2D eigenvalue weighted by Crippen LogP contribution is -2.30. The molecule has 1 amide bonds. The molecular formula is C15H24N2O2. The van der Waals surface area contributed by atoms with Gasteiger partial charge in [-0.3, -0.25) is 4.79 Å². The van der Waals surface area contributed by atoms with Crippen molar-refractivity contribution in [1.82, 2.24) is 10.2 Å². The predicted octanol–water partition coefficient (Wildman–Crippen LogP) is 1.61. The second-order valence-electron chi connectivity index (χ2n) is 4.72. The van der Waals surface area contributed by atoms with Gasteiger partial charge in [-0.1, -0.05) is 12.1 Å². The fraction of sp³-hybridized carbons (Fsp3) is 0.533. The Morgan fingerprint density at radius 1 is 1.42 bits per heavy atom. The van der Waals surface area contributed by atoms with Crippen LogP contribution in [0.25, 0.3) is 0 Å². The standard InChI is InChI=1S/C15H24N2O2/c1-12-11-13(5-6-14(12)19-4)8-10-17(3)15(18)7-9-16-2/h5-6,11,16H,7-10H2,1-4H3. The molecule has 0 bridgehead atoms. The third kappa shape index (κ3) is 4.91. The third-order valence-electron chi connectivity index (χ3n) is 3.21. The van der Waals surface area contributed by atoms with Gasteiger partial charge in [0.2, 0.25) is 5.91 Å². The maximum atomic E-state index is 11.8. The van der Waals surface area contributed by atoms with Gasteiger partial charge < -0.3 is 15.0 Å². The summed E-state index contributed by atoms with van der Waals surface area (Å²) in [6, 6.07) is 6.15. The molecule has 4 nitrogen and oxygen atoms in total. The van der Waals surface area contributed by atoms with E-state index in [4.69, 9.17) is 4.74 Å². The van der Waals surface area contributed by atoms with Crippen LogP contribution in [0.3, 0.4) is 0 Å². The Hall–Kier alpha value is -1.55. The van der Waals surface area contributed by atoms with Gasteiger partial charge in [-0.15, -0.1) is 0 Å². The summed E-state index contributed by atoms with van der Waals surface area (Å²) >= 11 is 0. The predicted molar refractivity (Wildman–Crippen MR) is 77.6 cm³/mol. The molecule has 0 unspecified atom stereocenters. The molecule has 0 aliphatic heterocycles. The lowest BCUT2D eigenvalue weighted by Gasteiger charge is -2.17. The first-order valence-electron chi connectivity index (χ1n) is 6.60. The van der Waals surface area contributed by atoms with E-state index in [1.165, 1.54) is 5.56 Å². The number of benzene rings is 1. The van der Waals surface area contributed by atoms with E-state index < -0.39 is 0 Å². The number of hydrogen-bond donors (Lipinski definition) is 1. The summed E-state index contributed by atoms with van der Waals surface area (Å²) in [5, 5.41) is 2.99. The van der Waals surface area contributed by atoms with E-state index in [2.05, 4.69) is 17.4 Å². The minimum Gasteiger partial charge on any atom is -0.496 e. The maximum Gasteiger partial charge on any atom is 0.223 e. The molecule has 1 rings (SSSR count). The maximum absolute atomic E-state index is 11.8. The lowest BCUT2D eigenvalue weighted by atomic mass is 10.1. The molecule has 0 aromatic heterocycles. The van der Waals surface area contributed by atoms with Gasteiger partial charge in [0.15, 0.2) is 0 Å². The van der Waals surface area contributed by atoms with E-state index in [9.17, 15) is 4.79 Å². The first-order valence-corrected chi connectivity index (χ1v) is 6.60. The van der Waals surface area contributed by atoms with Crippen LogP contribution in [0.1, 0.15) is 17.5 Å². The van der Waals surface area contributed by atoms with E-state index in [-0.39, 0.29) is 5.91 Å². The SMILES string of the molecule is CNCCC(=O)N(C)CCc1ccc(OC)c(C)c1. The number of nitrogens with one attached hydrogen (secondary N) is 1. The Morgan fingerprint density at radius 3 is 2.74 bits per heavy atom. The normalized spacial score (nSPS) is 10.3.